The SMILES string of the molecule is CCC(C)Cn1cc(S(=O)(=O)Cl)nc1C(C)C. The minimum absolute atomic E-state index is 0.0498. The van der Waals surface area contributed by atoms with Crippen LogP contribution in [0.3, 0.4) is 0 Å². The second kappa shape index (κ2) is 5.40. The van der Waals surface area contributed by atoms with Crippen molar-refractivity contribution in [1.29, 1.82) is 0 Å². The Bertz CT molecular complexity index is 480. The molecule has 0 radical (unpaired) electrons. The minimum Gasteiger partial charge on any atom is -0.333 e. The predicted octanol–water partition coefficient (Wildman–Crippen LogP) is 2.98. The first-order valence-electron chi connectivity index (χ1n) is 5.77. The standard InChI is InChI=1S/C11H19ClN2O2S/c1-5-9(4)6-14-7-10(17(12,15)16)13-11(14)8(2)3/h7-9H,5-6H2,1-4H3. The van der Waals surface area contributed by atoms with Crippen molar-refractivity contribution in [2.75, 3.05) is 0 Å². The Balaban J connectivity index is 3.15. The largest absolute Gasteiger partial charge is 0.333 e. The van der Waals surface area contributed by atoms with Crippen LogP contribution in [-0.2, 0) is 15.6 Å². The number of nitrogens with zero attached hydrogens (tertiary/aromatic N) is 2. The molecule has 98 valence electrons. The summed E-state index contributed by atoms with van der Waals surface area (Å²) >= 11 is 0. The van der Waals surface area contributed by atoms with Gasteiger partial charge in [-0.15, -0.1) is 0 Å². The average Bonchev–Trinajstić information content (AvgIpc) is 2.61. The van der Waals surface area contributed by atoms with Gasteiger partial charge in [-0.25, -0.2) is 13.4 Å². The van der Waals surface area contributed by atoms with E-state index in [1.165, 1.54) is 6.20 Å². The van der Waals surface area contributed by atoms with Gasteiger partial charge < -0.3 is 4.57 Å². The molecule has 0 amide bonds. The number of aromatic nitrogens is 2. The van der Waals surface area contributed by atoms with E-state index in [0.717, 1.165) is 18.8 Å². The summed E-state index contributed by atoms with van der Waals surface area (Å²) in [6.45, 7) is 8.97. The smallest absolute Gasteiger partial charge is 0.280 e. The highest BCUT2D eigenvalue weighted by atomic mass is 35.7. The lowest BCUT2D eigenvalue weighted by atomic mass is 10.1. The monoisotopic (exact) mass is 278 g/mol. The topological polar surface area (TPSA) is 52.0 Å². The Kier molecular flexibility index (Phi) is 4.61. The van der Waals surface area contributed by atoms with Crippen molar-refractivity contribution in [2.45, 2.75) is 51.6 Å². The molecule has 1 rings (SSSR count). The van der Waals surface area contributed by atoms with Crippen molar-refractivity contribution in [3.05, 3.63) is 12.0 Å². The van der Waals surface area contributed by atoms with E-state index in [1.807, 2.05) is 18.4 Å². The number of rotatable bonds is 5. The molecular formula is C11H19ClN2O2S. The Morgan fingerprint density at radius 2 is 2.00 bits per heavy atom. The summed E-state index contributed by atoms with van der Waals surface area (Å²) in [6.07, 6.45) is 2.57. The van der Waals surface area contributed by atoms with Crippen molar-refractivity contribution >= 4 is 19.7 Å². The zero-order valence-corrected chi connectivity index (χ0v) is 12.2. The van der Waals surface area contributed by atoms with Crippen molar-refractivity contribution in [3.63, 3.8) is 0 Å². The lowest BCUT2D eigenvalue weighted by Crippen LogP contribution is -2.10. The van der Waals surface area contributed by atoms with Gasteiger partial charge in [0.2, 0.25) is 0 Å². The van der Waals surface area contributed by atoms with Gasteiger partial charge in [0, 0.05) is 29.3 Å². The van der Waals surface area contributed by atoms with E-state index >= 15 is 0 Å². The van der Waals surface area contributed by atoms with Crippen LogP contribution in [0.15, 0.2) is 11.2 Å². The first kappa shape index (κ1) is 14.5. The van der Waals surface area contributed by atoms with Crippen LogP contribution >= 0.6 is 10.7 Å². The molecule has 1 aromatic rings. The van der Waals surface area contributed by atoms with Gasteiger partial charge in [-0.2, -0.15) is 0 Å². The average molecular weight is 279 g/mol. The van der Waals surface area contributed by atoms with Gasteiger partial charge in [0.25, 0.3) is 9.05 Å². The summed E-state index contributed by atoms with van der Waals surface area (Å²) in [5, 5.41) is -0.0498. The van der Waals surface area contributed by atoms with Gasteiger partial charge in [0.1, 0.15) is 5.82 Å². The number of imidazole rings is 1. The highest BCUT2D eigenvalue weighted by Crippen LogP contribution is 2.21. The fourth-order valence-electron chi connectivity index (χ4n) is 1.59. The fraction of sp³-hybridized carbons (Fsp3) is 0.727. The van der Waals surface area contributed by atoms with E-state index in [0.29, 0.717) is 5.92 Å². The van der Waals surface area contributed by atoms with Crippen molar-refractivity contribution in [2.24, 2.45) is 5.92 Å². The van der Waals surface area contributed by atoms with Gasteiger partial charge in [-0.1, -0.05) is 34.1 Å². The van der Waals surface area contributed by atoms with Crippen LogP contribution in [0, 0.1) is 5.92 Å². The number of halogens is 1. The minimum atomic E-state index is -3.74. The second-order valence-electron chi connectivity index (χ2n) is 4.70. The molecule has 1 aromatic heterocycles. The summed E-state index contributed by atoms with van der Waals surface area (Å²) in [7, 11) is 1.58. The van der Waals surface area contributed by atoms with Crippen LogP contribution in [0.1, 0.15) is 45.9 Å². The molecule has 1 unspecified atom stereocenters. The van der Waals surface area contributed by atoms with E-state index in [-0.39, 0.29) is 10.9 Å². The first-order chi connectivity index (χ1) is 7.75. The first-order valence-corrected chi connectivity index (χ1v) is 8.08. The Hall–Kier alpha value is -0.550. The third kappa shape index (κ3) is 3.71. The van der Waals surface area contributed by atoms with Gasteiger partial charge in [-0.05, 0) is 5.92 Å². The van der Waals surface area contributed by atoms with Crippen molar-refractivity contribution in [1.82, 2.24) is 9.55 Å². The van der Waals surface area contributed by atoms with E-state index in [2.05, 4.69) is 18.8 Å². The zero-order valence-electron chi connectivity index (χ0n) is 10.6. The molecule has 0 saturated carbocycles. The second-order valence-corrected chi connectivity index (χ2v) is 7.21. The molecule has 6 heteroatoms. The third-order valence-corrected chi connectivity index (χ3v) is 3.93. The van der Waals surface area contributed by atoms with E-state index in [1.54, 1.807) is 0 Å². The van der Waals surface area contributed by atoms with Crippen molar-refractivity contribution < 1.29 is 8.42 Å². The lowest BCUT2D eigenvalue weighted by molar-refractivity contribution is 0.452. The molecule has 0 N–H and O–H groups in total. The molecule has 4 nitrogen and oxygen atoms in total. The summed E-state index contributed by atoms with van der Waals surface area (Å²) in [5.41, 5.74) is 0. The van der Waals surface area contributed by atoms with E-state index in [9.17, 15) is 8.42 Å². The van der Waals surface area contributed by atoms with Crippen LogP contribution in [0.2, 0.25) is 0 Å². The fourth-order valence-corrected chi connectivity index (χ4v) is 2.27. The maximum atomic E-state index is 11.3. The molecule has 17 heavy (non-hydrogen) atoms. The molecule has 0 saturated heterocycles. The Morgan fingerprint density at radius 3 is 2.41 bits per heavy atom. The van der Waals surface area contributed by atoms with E-state index in [4.69, 9.17) is 10.7 Å². The quantitative estimate of drug-likeness (QED) is 0.778. The number of hydrogen-bond acceptors (Lipinski definition) is 3. The molecule has 0 bridgehead atoms. The van der Waals surface area contributed by atoms with Crippen molar-refractivity contribution in [3.8, 4) is 0 Å². The summed E-state index contributed by atoms with van der Waals surface area (Å²) in [4.78, 5) is 4.11. The molecule has 0 aliphatic carbocycles. The summed E-state index contributed by atoms with van der Waals surface area (Å²) in [5.74, 6) is 1.42. The highest BCUT2D eigenvalue weighted by molar-refractivity contribution is 8.13. The molecule has 0 fully saturated rings. The third-order valence-electron chi connectivity index (χ3n) is 2.76. The summed E-state index contributed by atoms with van der Waals surface area (Å²) < 4.78 is 24.4. The van der Waals surface area contributed by atoms with Crippen LogP contribution in [-0.4, -0.2) is 18.0 Å². The van der Waals surface area contributed by atoms with Crippen LogP contribution < -0.4 is 0 Å². The molecule has 0 aromatic carbocycles. The normalized spacial score (nSPS) is 14.2. The zero-order chi connectivity index (χ0) is 13.2. The summed E-state index contributed by atoms with van der Waals surface area (Å²) in [6, 6.07) is 0. The van der Waals surface area contributed by atoms with E-state index < -0.39 is 9.05 Å². The van der Waals surface area contributed by atoms with Gasteiger partial charge in [0.05, 0.1) is 0 Å². The maximum absolute atomic E-state index is 11.3. The van der Waals surface area contributed by atoms with Gasteiger partial charge in [0.15, 0.2) is 5.03 Å². The molecule has 0 spiro atoms. The molecule has 0 aliphatic rings. The van der Waals surface area contributed by atoms with Crippen LogP contribution in [0.25, 0.3) is 0 Å². The molecule has 0 aliphatic heterocycles. The molecule has 1 heterocycles. The lowest BCUT2D eigenvalue weighted by Gasteiger charge is -2.13. The number of hydrogen-bond donors (Lipinski definition) is 0. The maximum Gasteiger partial charge on any atom is 0.280 e. The molecular weight excluding hydrogens is 260 g/mol. The van der Waals surface area contributed by atoms with Gasteiger partial charge >= 0.3 is 0 Å². The van der Waals surface area contributed by atoms with Crippen LogP contribution in [0.4, 0.5) is 0 Å². The van der Waals surface area contributed by atoms with Crippen LogP contribution in [0.5, 0.6) is 0 Å². The van der Waals surface area contributed by atoms with Gasteiger partial charge in [-0.3, -0.25) is 0 Å². The Morgan fingerprint density at radius 1 is 1.41 bits per heavy atom. The Labute approximate surface area is 107 Å². The predicted molar refractivity (Wildman–Crippen MR) is 68.8 cm³/mol. The molecule has 1 atom stereocenters. The highest BCUT2D eigenvalue weighted by Gasteiger charge is 2.20.